The van der Waals surface area contributed by atoms with Crippen molar-refractivity contribution in [1.82, 2.24) is 10.6 Å². The molecule has 1 rings (SSSR count). The number of nitrogens with one attached hydrogen (secondary N) is 2. The number of aromatic hydroxyl groups is 1. The number of phenolic OH excluding ortho intramolecular Hbond substituents is 1. The summed E-state index contributed by atoms with van der Waals surface area (Å²) in [5, 5.41) is 31.9. The fourth-order valence-corrected chi connectivity index (χ4v) is 2.29. The highest BCUT2D eigenvalue weighted by atomic mass is 16.4. The molecule has 3 atom stereocenters. The van der Waals surface area contributed by atoms with Crippen LogP contribution in [0.4, 0.5) is 0 Å². The number of hydrogen-bond donors (Lipinski definition) is 6. The fourth-order valence-electron chi connectivity index (χ4n) is 2.29. The molecule has 0 radical (unpaired) electrons. The van der Waals surface area contributed by atoms with Crippen molar-refractivity contribution < 1.29 is 34.5 Å². The lowest BCUT2D eigenvalue weighted by Gasteiger charge is -2.23. The quantitative estimate of drug-likeness (QED) is 0.305. The van der Waals surface area contributed by atoms with Gasteiger partial charge >= 0.3 is 11.9 Å². The normalized spacial score (nSPS) is 14.0. The third kappa shape index (κ3) is 7.23. The number of benzene rings is 1. The highest BCUT2D eigenvalue weighted by Crippen LogP contribution is 2.12. The predicted molar refractivity (Wildman–Crippen MR) is 98.4 cm³/mol. The number of amides is 2. The molecule has 0 saturated carbocycles. The number of hydrogen-bond acceptors (Lipinski definition) is 6. The summed E-state index contributed by atoms with van der Waals surface area (Å²) in [4.78, 5) is 46.8. The monoisotopic (exact) mass is 395 g/mol. The van der Waals surface area contributed by atoms with Gasteiger partial charge in [0, 0.05) is 6.42 Å². The number of rotatable bonds is 10. The second-order valence-corrected chi connectivity index (χ2v) is 6.70. The summed E-state index contributed by atoms with van der Waals surface area (Å²) in [7, 11) is 0. The SMILES string of the molecule is CC(C)C(N)C(=O)NC(Cc1ccc(O)cc1)C(=O)NC(CC(=O)O)C(=O)O. The summed E-state index contributed by atoms with van der Waals surface area (Å²) >= 11 is 0. The molecule has 0 aliphatic rings. The Morgan fingerprint density at radius 3 is 1.96 bits per heavy atom. The molecule has 10 heteroatoms. The predicted octanol–water partition coefficient (Wildman–Crippen LogP) is -0.553. The maximum Gasteiger partial charge on any atom is 0.326 e. The Kier molecular flexibility index (Phi) is 8.39. The van der Waals surface area contributed by atoms with Crippen LogP contribution in [0.3, 0.4) is 0 Å². The Hall–Kier alpha value is -3.14. The summed E-state index contributed by atoms with van der Waals surface area (Å²) in [6.45, 7) is 3.46. The van der Waals surface area contributed by atoms with Gasteiger partial charge in [-0.2, -0.15) is 0 Å². The molecule has 0 aliphatic carbocycles. The number of carbonyl (C=O) groups excluding carboxylic acids is 2. The number of phenols is 1. The average Bonchev–Trinajstić information content (AvgIpc) is 2.60. The van der Waals surface area contributed by atoms with Crippen LogP contribution in [0.1, 0.15) is 25.8 Å². The molecule has 0 bridgehead atoms. The van der Waals surface area contributed by atoms with Crippen molar-refractivity contribution in [3.8, 4) is 5.75 Å². The van der Waals surface area contributed by atoms with Gasteiger partial charge in [0.1, 0.15) is 17.8 Å². The Bertz CT molecular complexity index is 718. The van der Waals surface area contributed by atoms with E-state index in [-0.39, 0.29) is 18.1 Å². The molecule has 0 aromatic heterocycles. The molecule has 10 nitrogen and oxygen atoms in total. The standard InChI is InChI=1S/C18H25N3O7/c1-9(2)15(19)17(26)20-12(7-10-3-5-11(22)6-4-10)16(25)21-13(18(27)28)8-14(23)24/h3-6,9,12-13,15,22H,7-8,19H2,1-2H3,(H,20,26)(H,21,25)(H,23,24)(H,27,28). The Balaban J connectivity index is 3.01. The molecule has 2 amide bonds. The minimum Gasteiger partial charge on any atom is -0.508 e. The van der Waals surface area contributed by atoms with Crippen LogP contribution < -0.4 is 16.4 Å². The van der Waals surface area contributed by atoms with E-state index in [4.69, 9.17) is 15.9 Å². The minimum atomic E-state index is -1.65. The Labute approximate surface area is 161 Å². The van der Waals surface area contributed by atoms with Crippen molar-refractivity contribution in [2.45, 2.75) is 44.8 Å². The van der Waals surface area contributed by atoms with Gasteiger partial charge in [0.2, 0.25) is 11.8 Å². The molecule has 0 spiro atoms. The van der Waals surface area contributed by atoms with Crippen LogP contribution >= 0.6 is 0 Å². The largest absolute Gasteiger partial charge is 0.508 e. The van der Waals surface area contributed by atoms with Crippen LogP contribution in [-0.2, 0) is 25.6 Å². The van der Waals surface area contributed by atoms with Gasteiger partial charge in [0.05, 0.1) is 12.5 Å². The molecule has 0 saturated heterocycles. The van der Waals surface area contributed by atoms with Crippen LogP contribution in [0, 0.1) is 5.92 Å². The summed E-state index contributed by atoms with van der Waals surface area (Å²) in [6, 6.07) is 2.16. The zero-order valence-corrected chi connectivity index (χ0v) is 15.6. The van der Waals surface area contributed by atoms with Crippen molar-refractivity contribution in [2.24, 2.45) is 11.7 Å². The average molecular weight is 395 g/mol. The van der Waals surface area contributed by atoms with Gasteiger partial charge in [-0.15, -0.1) is 0 Å². The molecule has 28 heavy (non-hydrogen) atoms. The van der Waals surface area contributed by atoms with Crippen molar-refractivity contribution >= 4 is 23.8 Å². The molecular formula is C18H25N3O7. The number of carboxylic acid groups (broad SMARTS) is 2. The van der Waals surface area contributed by atoms with E-state index in [9.17, 15) is 24.3 Å². The van der Waals surface area contributed by atoms with Crippen LogP contribution in [-0.4, -0.2) is 57.2 Å². The highest BCUT2D eigenvalue weighted by Gasteiger charge is 2.30. The maximum atomic E-state index is 12.6. The molecule has 3 unspecified atom stereocenters. The van der Waals surface area contributed by atoms with Gasteiger partial charge < -0.3 is 31.7 Å². The first kappa shape index (κ1) is 22.9. The van der Waals surface area contributed by atoms with Crippen molar-refractivity contribution in [3.05, 3.63) is 29.8 Å². The Morgan fingerprint density at radius 2 is 1.50 bits per heavy atom. The van der Waals surface area contributed by atoms with Crippen LogP contribution in [0.25, 0.3) is 0 Å². The van der Waals surface area contributed by atoms with E-state index in [0.717, 1.165) is 0 Å². The van der Waals surface area contributed by atoms with Gasteiger partial charge in [-0.1, -0.05) is 26.0 Å². The second kappa shape index (κ2) is 10.3. The van der Waals surface area contributed by atoms with E-state index in [0.29, 0.717) is 5.56 Å². The van der Waals surface area contributed by atoms with Crippen molar-refractivity contribution in [1.29, 1.82) is 0 Å². The van der Waals surface area contributed by atoms with Crippen molar-refractivity contribution in [2.75, 3.05) is 0 Å². The summed E-state index contributed by atoms with van der Waals surface area (Å²) in [6.07, 6.45) is -0.825. The van der Waals surface area contributed by atoms with E-state index in [1.807, 2.05) is 0 Å². The molecule has 154 valence electrons. The summed E-state index contributed by atoms with van der Waals surface area (Å²) in [5.74, 6) is -4.54. The first-order chi connectivity index (χ1) is 13.0. The van der Waals surface area contributed by atoms with E-state index < -0.39 is 48.3 Å². The van der Waals surface area contributed by atoms with Crippen LogP contribution in [0.5, 0.6) is 5.75 Å². The van der Waals surface area contributed by atoms with Gasteiger partial charge in [0.25, 0.3) is 0 Å². The van der Waals surface area contributed by atoms with E-state index in [1.54, 1.807) is 13.8 Å². The molecule has 7 N–H and O–H groups in total. The molecule has 1 aromatic carbocycles. The van der Waals surface area contributed by atoms with E-state index in [1.165, 1.54) is 24.3 Å². The van der Waals surface area contributed by atoms with Gasteiger partial charge in [0.15, 0.2) is 0 Å². The third-order valence-corrected chi connectivity index (χ3v) is 4.02. The highest BCUT2D eigenvalue weighted by molar-refractivity contribution is 5.93. The molecule has 0 fully saturated rings. The number of aliphatic carboxylic acids is 2. The lowest BCUT2D eigenvalue weighted by atomic mass is 10.0. The van der Waals surface area contributed by atoms with E-state index in [2.05, 4.69) is 10.6 Å². The number of carboxylic acids is 2. The molecule has 0 heterocycles. The molecule has 0 aliphatic heterocycles. The lowest BCUT2D eigenvalue weighted by molar-refractivity contribution is -0.147. The smallest absolute Gasteiger partial charge is 0.326 e. The van der Waals surface area contributed by atoms with Crippen molar-refractivity contribution in [3.63, 3.8) is 0 Å². The zero-order chi connectivity index (χ0) is 21.4. The second-order valence-electron chi connectivity index (χ2n) is 6.70. The first-order valence-corrected chi connectivity index (χ1v) is 8.60. The molecule has 1 aromatic rings. The molecular weight excluding hydrogens is 370 g/mol. The number of carbonyl (C=O) groups is 4. The lowest BCUT2D eigenvalue weighted by Crippen LogP contribution is -2.56. The van der Waals surface area contributed by atoms with Gasteiger partial charge in [-0.3, -0.25) is 14.4 Å². The third-order valence-electron chi connectivity index (χ3n) is 4.02. The van der Waals surface area contributed by atoms with Gasteiger partial charge in [-0.25, -0.2) is 4.79 Å². The van der Waals surface area contributed by atoms with E-state index >= 15 is 0 Å². The topological polar surface area (TPSA) is 179 Å². The maximum absolute atomic E-state index is 12.6. The summed E-state index contributed by atoms with van der Waals surface area (Å²) in [5.41, 5.74) is 6.37. The Morgan fingerprint density at radius 1 is 0.964 bits per heavy atom. The minimum absolute atomic E-state index is 0.0118. The van der Waals surface area contributed by atoms with Crippen LogP contribution in [0.15, 0.2) is 24.3 Å². The summed E-state index contributed by atoms with van der Waals surface area (Å²) < 4.78 is 0. The number of nitrogens with two attached hydrogens (primary N) is 1. The zero-order valence-electron chi connectivity index (χ0n) is 15.6. The first-order valence-electron chi connectivity index (χ1n) is 8.60. The van der Waals surface area contributed by atoms with Gasteiger partial charge in [-0.05, 0) is 23.6 Å². The van der Waals surface area contributed by atoms with Crippen LogP contribution in [0.2, 0.25) is 0 Å². The fraction of sp³-hybridized carbons (Fsp3) is 0.444.